The van der Waals surface area contributed by atoms with Crippen molar-refractivity contribution < 1.29 is 56.9 Å². The molecule has 0 spiro atoms. The summed E-state index contributed by atoms with van der Waals surface area (Å²) in [5.41, 5.74) is -1.78. The minimum Gasteiger partial charge on any atom is -0.393 e. The first kappa shape index (κ1) is 36.8. The zero-order chi connectivity index (χ0) is 34.0. The highest BCUT2D eigenvalue weighted by atomic mass is 32.3. The number of fused-ring (bicyclic) bond motifs is 5. The van der Waals surface area contributed by atoms with Gasteiger partial charge in [0.15, 0.2) is 6.29 Å². The fraction of sp³-hybridized carbons (Fsp3) is 1.00. The van der Waals surface area contributed by atoms with Crippen molar-refractivity contribution in [2.75, 3.05) is 13.7 Å². The third-order valence-corrected chi connectivity index (χ3v) is 13.8. The molecule has 1 aliphatic heterocycles. The van der Waals surface area contributed by atoms with Crippen LogP contribution in [0.3, 0.4) is 0 Å². The fourth-order valence-corrected chi connectivity index (χ4v) is 11.6. The second kappa shape index (κ2) is 13.4. The molecule has 4 saturated carbocycles. The van der Waals surface area contributed by atoms with Crippen LogP contribution in [0, 0.1) is 46.3 Å². The predicted octanol–water partition coefficient (Wildman–Crippen LogP) is 2.44. The van der Waals surface area contributed by atoms with Gasteiger partial charge in [-0.3, -0.25) is 4.55 Å². The van der Waals surface area contributed by atoms with E-state index in [1.807, 2.05) is 13.8 Å². The molecule has 5 fully saturated rings. The summed E-state index contributed by atoms with van der Waals surface area (Å²) in [7, 11) is -3.47. The molecular formula is C33H58O12S. The van der Waals surface area contributed by atoms with Gasteiger partial charge in [0.05, 0.1) is 36.6 Å². The molecule has 5 rings (SSSR count). The number of rotatable bonds is 10. The van der Waals surface area contributed by atoms with E-state index in [9.17, 15) is 34.0 Å². The molecule has 0 aromatic rings. The van der Waals surface area contributed by atoms with Gasteiger partial charge in [-0.15, -0.1) is 0 Å². The summed E-state index contributed by atoms with van der Waals surface area (Å²) in [6.07, 6.45) is -0.970. The molecule has 1 heterocycles. The van der Waals surface area contributed by atoms with E-state index in [1.54, 1.807) is 0 Å². The zero-order valence-electron chi connectivity index (χ0n) is 28.2. The smallest absolute Gasteiger partial charge is 0.393 e. The lowest BCUT2D eigenvalue weighted by Gasteiger charge is -2.66. The van der Waals surface area contributed by atoms with Gasteiger partial charge < -0.3 is 39.7 Å². The van der Waals surface area contributed by atoms with Gasteiger partial charge in [0.2, 0.25) is 0 Å². The number of ether oxygens (including phenoxy) is 3. The Labute approximate surface area is 274 Å². The second-order valence-corrected chi connectivity index (χ2v) is 17.3. The van der Waals surface area contributed by atoms with Gasteiger partial charge in [0.25, 0.3) is 0 Å². The highest BCUT2D eigenvalue weighted by molar-refractivity contribution is 7.80. The Morgan fingerprint density at radius 1 is 0.957 bits per heavy atom. The summed E-state index contributed by atoms with van der Waals surface area (Å²) in [4.78, 5) is 0. The summed E-state index contributed by atoms with van der Waals surface area (Å²) in [5.74, 6) is -0.0457. The maximum absolute atomic E-state index is 12.6. The van der Waals surface area contributed by atoms with Crippen molar-refractivity contribution in [3.05, 3.63) is 0 Å². The lowest BCUT2D eigenvalue weighted by atomic mass is 9.42. The van der Waals surface area contributed by atoms with Crippen LogP contribution >= 0.6 is 0 Å². The molecule has 4 aliphatic carbocycles. The van der Waals surface area contributed by atoms with E-state index in [2.05, 4.69) is 25.0 Å². The Kier molecular flexibility index (Phi) is 10.7. The largest absolute Gasteiger partial charge is 0.397 e. The average Bonchev–Trinajstić information content (AvgIpc) is 3.23. The van der Waals surface area contributed by atoms with E-state index < -0.39 is 58.9 Å². The maximum Gasteiger partial charge on any atom is 0.397 e. The van der Waals surface area contributed by atoms with Crippen LogP contribution in [0.5, 0.6) is 0 Å². The van der Waals surface area contributed by atoms with E-state index in [4.69, 9.17) is 18.8 Å². The summed E-state index contributed by atoms with van der Waals surface area (Å²) in [6.45, 7) is 10.4. The number of hydrogen-bond donors (Lipinski definition) is 6. The highest BCUT2D eigenvalue weighted by Crippen LogP contribution is 2.69. The van der Waals surface area contributed by atoms with Crippen molar-refractivity contribution in [3.8, 4) is 0 Å². The molecule has 5 unspecified atom stereocenters. The van der Waals surface area contributed by atoms with E-state index in [1.165, 1.54) is 7.11 Å². The summed E-state index contributed by atoms with van der Waals surface area (Å²) < 4.78 is 53.4. The molecule has 6 N–H and O–H groups in total. The van der Waals surface area contributed by atoms with Crippen molar-refractivity contribution in [3.63, 3.8) is 0 Å². The van der Waals surface area contributed by atoms with E-state index >= 15 is 0 Å². The molecular weight excluding hydrogens is 620 g/mol. The molecule has 46 heavy (non-hydrogen) atoms. The van der Waals surface area contributed by atoms with Crippen LogP contribution in [0.25, 0.3) is 0 Å². The zero-order valence-corrected chi connectivity index (χ0v) is 29.0. The second-order valence-electron chi connectivity index (χ2n) is 16.2. The van der Waals surface area contributed by atoms with Crippen LogP contribution in [-0.2, 0) is 28.8 Å². The van der Waals surface area contributed by atoms with Crippen molar-refractivity contribution in [1.82, 2.24) is 0 Å². The van der Waals surface area contributed by atoms with Crippen LogP contribution in [-0.4, -0.2) is 107 Å². The van der Waals surface area contributed by atoms with Crippen LogP contribution in [0.2, 0.25) is 0 Å². The number of hydrogen-bond acceptors (Lipinski definition) is 11. The van der Waals surface area contributed by atoms with E-state index in [-0.39, 0.29) is 65.5 Å². The van der Waals surface area contributed by atoms with Gasteiger partial charge in [0.1, 0.15) is 18.3 Å². The maximum atomic E-state index is 12.6. The Balaban J connectivity index is 1.26. The quantitative estimate of drug-likeness (QED) is 0.185. The molecule has 0 amide bonds. The third kappa shape index (κ3) is 6.57. The number of aliphatic hydroxyl groups excluding tert-OH is 4. The van der Waals surface area contributed by atoms with Crippen LogP contribution in [0.15, 0.2) is 0 Å². The molecule has 5 aliphatic rings. The van der Waals surface area contributed by atoms with Crippen LogP contribution < -0.4 is 0 Å². The lowest BCUT2D eigenvalue weighted by molar-refractivity contribution is -0.287. The average molecular weight is 679 g/mol. The van der Waals surface area contributed by atoms with Crippen LogP contribution in [0.4, 0.5) is 0 Å². The first-order chi connectivity index (χ1) is 21.4. The van der Waals surface area contributed by atoms with Gasteiger partial charge in [-0.25, -0.2) is 4.18 Å². The number of methoxy groups -OCH3 is 1. The van der Waals surface area contributed by atoms with Gasteiger partial charge in [0, 0.05) is 19.4 Å². The standard InChI is InChI=1S/C33H58O12S/c1-17(2)24(44-30-27(37)28(42-6)25(16-43-30)45-46(39,40)41)8-7-18(3)20-14-22(35)29-32(20,5)12-10-26-31(4)11-9-19(34)13-21(31)23(36)15-33(26,29)38/h17-30,34-38H,7-16H2,1-6H3,(H,39,40,41)/t18-,19?,20-,21?,22?,23?,24?,25-,26-,27-,28+,29-,30+,31+,32-,33+/m1/s1. The normalized spacial score (nSPS) is 49.2. The lowest BCUT2D eigenvalue weighted by Crippen LogP contribution is -2.68. The molecule has 16 atom stereocenters. The molecule has 13 heteroatoms. The SMILES string of the molecule is CO[C@@H]1[C@@H](O)[C@H](OC(CC[C@@H](C)[C@H]2CC(O)[C@@H]3[C@]2(C)CC[C@H]2[C@@]3(O)CC(O)C3CC(O)CC[C@@]32C)C(C)C)OC[C@H]1OS(=O)(=O)O. The van der Waals surface area contributed by atoms with Crippen molar-refractivity contribution in [2.24, 2.45) is 46.3 Å². The van der Waals surface area contributed by atoms with Gasteiger partial charge >= 0.3 is 10.4 Å². The van der Waals surface area contributed by atoms with Crippen molar-refractivity contribution in [2.45, 2.75) is 147 Å². The monoisotopic (exact) mass is 678 g/mol. The molecule has 1 saturated heterocycles. The molecule has 0 aromatic heterocycles. The Hall–Kier alpha value is -0.450. The summed E-state index contributed by atoms with van der Waals surface area (Å²) in [5, 5.41) is 56.8. The predicted molar refractivity (Wildman–Crippen MR) is 167 cm³/mol. The van der Waals surface area contributed by atoms with Gasteiger partial charge in [-0.2, -0.15) is 8.42 Å². The Morgan fingerprint density at radius 3 is 2.26 bits per heavy atom. The molecule has 0 radical (unpaired) electrons. The molecule has 268 valence electrons. The molecule has 0 aromatic carbocycles. The highest BCUT2D eigenvalue weighted by Gasteiger charge is 2.70. The Morgan fingerprint density at radius 2 is 1.63 bits per heavy atom. The van der Waals surface area contributed by atoms with Gasteiger partial charge in [-0.05, 0) is 91.8 Å². The van der Waals surface area contributed by atoms with E-state index in [0.29, 0.717) is 25.7 Å². The van der Waals surface area contributed by atoms with Crippen molar-refractivity contribution >= 4 is 10.4 Å². The fourth-order valence-electron chi connectivity index (χ4n) is 11.2. The summed E-state index contributed by atoms with van der Waals surface area (Å²) >= 11 is 0. The van der Waals surface area contributed by atoms with E-state index in [0.717, 1.165) is 25.7 Å². The number of aliphatic hydroxyl groups is 5. The Bertz CT molecular complexity index is 1170. The first-order valence-corrected chi connectivity index (χ1v) is 18.6. The van der Waals surface area contributed by atoms with Gasteiger partial charge in [-0.1, -0.05) is 34.6 Å². The minimum absolute atomic E-state index is 0.0401. The third-order valence-electron chi connectivity index (χ3n) is 13.3. The summed E-state index contributed by atoms with van der Waals surface area (Å²) in [6, 6.07) is 0. The topological polar surface area (TPSA) is 192 Å². The first-order valence-electron chi connectivity index (χ1n) is 17.3. The van der Waals surface area contributed by atoms with Crippen molar-refractivity contribution in [1.29, 1.82) is 0 Å². The molecule has 12 nitrogen and oxygen atoms in total. The van der Waals surface area contributed by atoms with Crippen LogP contribution in [0.1, 0.15) is 92.4 Å². The minimum atomic E-state index is -4.78. The molecule has 0 bridgehead atoms.